The Morgan fingerprint density at radius 1 is 1.36 bits per heavy atom. The van der Waals surface area contributed by atoms with Crippen molar-refractivity contribution >= 4 is 41.5 Å². The summed E-state index contributed by atoms with van der Waals surface area (Å²) in [6.45, 7) is 1.37. The lowest BCUT2D eigenvalue weighted by molar-refractivity contribution is 0.484. The molecule has 0 radical (unpaired) electrons. The van der Waals surface area contributed by atoms with Crippen LogP contribution in [0.4, 0.5) is 0 Å². The standard InChI is InChI=1S/C2H6O3S.C2H2S3/c1-2-6(3,4)5;1-2-4-5-3-1/h2H2,1H3,(H,3,4,5);1-2H. The van der Waals surface area contributed by atoms with Crippen molar-refractivity contribution in [3.63, 3.8) is 0 Å². The first kappa shape index (κ1) is 11.7. The van der Waals surface area contributed by atoms with Crippen LogP contribution in [0.5, 0.6) is 0 Å². The molecule has 1 rings (SSSR count). The normalized spacial score (nSPS) is 15.8. The average molecular weight is 232 g/mol. The highest BCUT2D eigenvalue weighted by atomic mass is 33.5. The molecule has 0 aromatic carbocycles. The Morgan fingerprint density at radius 2 is 1.73 bits per heavy atom. The molecule has 1 aliphatic rings. The van der Waals surface area contributed by atoms with Crippen molar-refractivity contribution in [2.75, 3.05) is 5.75 Å². The maximum absolute atomic E-state index is 9.56. The van der Waals surface area contributed by atoms with Crippen LogP contribution in [0.1, 0.15) is 6.92 Å². The van der Waals surface area contributed by atoms with Crippen molar-refractivity contribution in [2.45, 2.75) is 6.92 Å². The summed E-state index contributed by atoms with van der Waals surface area (Å²) in [6, 6.07) is 0. The molecule has 0 saturated carbocycles. The smallest absolute Gasteiger partial charge is 0.264 e. The Morgan fingerprint density at radius 3 is 1.82 bits per heavy atom. The van der Waals surface area contributed by atoms with Crippen molar-refractivity contribution in [1.29, 1.82) is 0 Å². The van der Waals surface area contributed by atoms with Gasteiger partial charge in [0.25, 0.3) is 10.1 Å². The zero-order valence-electron chi connectivity index (χ0n) is 5.76. The van der Waals surface area contributed by atoms with Crippen molar-refractivity contribution < 1.29 is 13.0 Å². The van der Waals surface area contributed by atoms with E-state index in [1.54, 1.807) is 31.4 Å². The summed E-state index contributed by atoms with van der Waals surface area (Å²) in [5, 5.41) is 4.16. The van der Waals surface area contributed by atoms with Crippen LogP contribution in [0, 0.1) is 0 Å². The topological polar surface area (TPSA) is 54.4 Å². The van der Waals surface area contributed by atoms with Gasteiger partial charge in [0.1, 0.15) is 0 Å². The molecule has 11 heavy (non-hydrogen) atoms. The van der Waals surface area contributed by atoms with Gasteiger partial charge in [-0.05, 0) is 27.6 Å². The molecule has 1 heterocycles. The molecule has 0 saturated heterocycles. The van der Waals surface area contributed by atoms with Gasteiger partial charge in [-0.2, -0.15) is 8.42 Å². The molecule has 0 amide bonds. The summed E-state index contributed by atoms with van der Waals surface area (Å²) in [4.78, 5) is 0. The summed E-state index contributed by atoms with van der Waals surface area (Å²) in [5.41, 5.74) is 0. The zero-order chi connectivity index (χ0) is 8.74. The first-order valence-corrected chi connectivity index (χ1v) is 7.87. The largest absolute Gasteiger partial charge is 0.286 e. The minimum atomic E-state index is -3.66. The van der Waals surface area contributed by atoms with Crippen LogP contribution in [0.25, 0.3) is 0 Å². The van der Waals surface area contributed by atoms with Crippen LogP contribution < -0.4 is 0 Å². The van der Waals surface area contributed by atoms with Crippen LogP contribution in [-0.4, -0.2) is 18.7 Å². The number of hydrogen-bond donors (Lipinski definition) is 1. The van der Waals surface area contributed by atoms with Gasteiger partial charge in [0, 0.05) is 0 Å². The summed E-state index contributed by atoms with van der Waals surface area (Å²) in [5.74, 6) is -0.201. The highest BCUT2D eigenvalue weighted by molar-refractivity contribution is 9.11. The van der Waals surface area contributed by atoms with Crippen LogP contribution in [0.3, 0.4) is 0 Å². The number of rotatable bonds is 1. The minimum absolute atomic E-state index is 0.201. The van der Waals surface area contributed by atoms with Gasteiger partial charge in [-0.3, -0.25) is 4.55 Å². The third kappa shape index (κ3) is 10.7. The Bertz CT molecular complexity index is 201. The van der Waals surface area contributed by atoms with Gasteiger partial charge in [-0.25, -0.2) is 0 Å². The van der Waals surface area contributed by atoms with Crippen molar-refractivity contribution in [2.24, 2.45) is 0 Å². The molecule has 0 aromatic heterocycles. The maximum atomic E-state index is 9.56. The second kappa shape index (κ2) is 6.24. The Balaban J connectivity index is 0.000000183. The maximum Gasteiger partial charge on any atom is 0.264 e. The molecule has 66 valence electrons. The fourth-order valence-electron chi connectivity index (χ4n) is 0.113. The molecule has 0 unspecified atom stereocenters. The molecular formula is C4H8O3S4. The van der Waals surface area contributed by atoms with E-state index in [-0.39, 0.29) is 5.75 Å². The first-order chi connectivity index (χ1) is 5.06. The highest BCUT2D eigenvalue weighted by Crippen LogP contribution is 2.42. The van der Waals surface area contributed by atoms with E-state index in [1.165, 1.54) is 6.92 Å². The van der Waals surface area contributed by atoms with Gasteiger partial charge >= 0.3 is 0 Å². The quantitative estimate of drug-likeness (QED) is 0.553. The summed E-state index contributed by atoms with van der Waals surface area (Å²) < 4.78 is 26.9. The molecule has 0 aliphatic carbocycles. The van der Waals surface area contributed by atoms with E-state index in [0.717, 1.165) is 0 Å². The van der Waals surface area contributed by atoms with Gasteiger partial charge in [-0.15, -0.1) is 0 Å². The van der Waals surface area contributed by atoms with E-state index in [4.69, 9.17) is 4.55 Å². The van der Waals surface area contributed by atoms with Crippen molar-refractivity contribution in [3.05, 3.63) is 10.8 Å². The third-order valence-electron chi connectivity index (χ3n) is 0.610. The van der Waals surface area contributed by atoms with E-state index in [2.05, 4.69) is 10.8 Å². The van der Waals surface area contributed by atoms with Gasteiger partial charge in [0.2, 0.25) is 0 Å². The molecule has 0 atom stereocenters. The van der Waals surface area contributed by atoms with Crippen LogP contribution in [0.15, 0.2) is 10.8 Å². The summed E-state index contributed by atoms with van der Waals surface area (Å²) >= 11 is 0. The van der Waals surface area contributed by atoms with E-state index >= 15 is 0 Å². The molecule has 1 N–H and O–H groups in total. The molecule has 0 fully saturated rings. The van der Waals surface area contributed by atoms with E-state index < -0.39 is 10.1 Å². The van der Waals surface area contributed by atoms with Crippen LogP contribution >= 0.6 is 31.4 Å². The van der Waals surface area contributed by atoms with Crippen molar-refractivity contribution in [3.8, 4) is 0 Å². The van der Waals surface area contributed by atoms with Crippen LogP contribution in [-0.2, 0) is 10.1 Å². The van der Waals surface area contributed by atoms with E-state index in [9.17, 15) is 8.42 Å². The predicted molar refractivity (Wildman–Crippen MR) is 54.0 cm³/mol. The second-order valence-corrected chi connectivity index (χ2v) is 7.00. The first-order valence-electron chi connectivity index (χ1n) is 2.65. The summed E-state index contributed by atoms with van der Waals surface area (Å²) in [6.07, 6.45) is 0. The molecule has 0 aromatic rings. The van der Waals surface area contributed by atoms with Gasteiger partial charge < -0.3 is 0 Å². The fraction of sp³-hybridized carbons (Fsp3) is 0.500. The molecule has 0 bridgehead atoms. The lowest BCUT2D eigenvalue weighted by atomic mass is 11.0. The molecule has 3 nitrogen and oxygen atoms in total. The average Bonchev–Trinajstić information content (AvgIpc) is 2.41. The van der Waals surface area contributed by atoms with Gasteiger partial charge in [-0.1, -0.05) is 21.6 Å². The second-order valence-electron chi connectivity index (χ2n) is 1.40. The molecule has 0 spiro atoms. The Hall–Kier alpha value is 0.700. The minimum Gasteiger partial charge on any atom is -0.286 e. The Labute approximate surface area is 77.9 Å². The third-order valence-corrected chi connectivity index (χ3v) is 4.72. The SMILES string of the molecule is C1=CSSS1.CCS(=O)(=O)O. The summed E-state index contributed by atoms with van der Waals surface area (Å²) in [7, 11) is 1.68. The lowest BCUT2D eigenvalue weighted by Gasteiger charge is -1.79. The van der Waals surface area contributed by atoms with E-state index in [0.29, 0.717) is 0 Å². The van der Waals surface area contributed by atoms with Gasteiger partial charge in [0.05, 0.1) is 5.75 Å². The molecular weight excluding hydrogens is 224 g/mol. The predicted octanol–water partition coefficient (Wildman–Crippen LogP) is 2.39. The van der Waals surface area contributed by atoms with Crippen molar-refractivity contribution in [1.82, 2.24) is 0 Å². The highest BCUT2D eigenvalue weighted by Gasteiger charge is 1.93. The molecule has 7 heteroatoms. The van der Waals surface area contributed by atoms with E-state index in [1.807, 2.05) is 0 Å². The molecule has 1 aliphatic heterocycles. The van der Waals surface area contributed by atoms with Crippen LogP contribution in [0.2, 0.25) is 0 Å². The van der Waals surface area contributed by atoms with Gasteiger partial charge in [0.15, 0.2) is 0 Å². The fourth-order valence-corrected chi connectivity index (χ4v) is 3.06. The number of hydrogen-bond acceptors (Lipinski definition) is 5. The lowest BCUT2D eigenvalue weighted by Crippen LogP contribution is -1.97. The monoisotopic (exact) mass is 232 g/mol. The Kier molecular flexibility index (Phi) is 6.64. The zero-order valence-corrected chi connectivity index (χ0v) is 9.02.